The van der Waals surface area contributed by atoms with Gasteiger partial charge in [-0.3, -0.25) is 0 Å². The van der Waals surface area contributed by atoms with E-state index >= 15 is 0 Å². The van der Waals surface area contributed by atoms with E-state index in [1.165, 1.54) is 6.07 Å². The van der Waals surface area contributed by atoms with Gasteiger partial charge in [0.2, 0.25) is 0 Å². The molecule has 1 heterocycles. The number of piperidine rings is 1. The van der Waals surface area contributed by atoms with Gasteiger partial charge < -0.3 is 15.2 Å². The zero-order chi connectivity index (χ0) is 11.6. The summed E-state index contributed by atoms with van der Waals surface area (Å²) in [7, 11) is 0. The van der Waals surface area contributed by atoms with Gasteiger partial charge in [-0.15, -0.1) is 0 Å². The molecule has 0 aromatic heterocycles. The highest BCUT2D eigenvalue weighted by atomic mass is 35.5. The predicted molar refractivity (Wildman–Crippen MR) is 64.3 cm³/mol. The van der Waals surface area contributed by atoms with Crippen molar-refractivity contribution in [3.05, 3.63) is 23.2 Å². The number of halogens is 1. The van der Waals surface area contributed by atoms with Crippen LogP contribution in [0.15, 0.2) is 18.2 Å². The van der Waals surface area contributed by atoms with E-state index in [9.17, 15) is 5.11 Å². The Hall–Kier alpha value is -0.930. The second-order valence-electron chi connectivity index (χ2n) is 4.41. The molecule has 3 nitrogen and oxygen atoms in total. The van der Waals surface area contributed by atoms with Gasteiger partial charge in [0.05, 0.1) is 0 Å². The molecule has 1 saturated heterocycles. The number of phenolic OH excluding ortho intramolecular Hbond substituents is 1. The highest BCUT2D eigenvalue weighted by molar-refractivity contribution is 6.30. The lowest BCUT2D eigenvalue weighted by Crippen LogP contribution is -2.43. The van der Waals surface area contributed by atoms with Crippen molar-refractivity contribution in [1.82, 2.24) is 5.32 Å². The molecule has 0 saturated carbocycles. The van der Waals surface area contributed by atoms with Crippen LogP contribution in [0.25, 0.3) is 0 Å². The molecule has 0 unspecified atom stereocenters. The van der Waals surface area contributed by atoms with Crippen LogP contribution in [-0.2, 0) is 0 Å². The Labute approximate surface area is 100 Å². The maximum absolute atomic E-state index is 9.71. The van der Waals surface area contributed by atoms with E-state index in [1.807, 2.05) is 0 Å². The van der Waals surface area contributed by atoms with Crippen molar-refractivity contribution >= 4 is 11.6 Å². The molecule has 1 fully saturated rings. The number of benzene rings is 1. The average Bonchev–Trinajstić information content (AvgIpc) is 2.23. The van der Waals surface area contributed by atoms with E-state index in [2.05, 4.69) is 12.2 Å². The third-order valence-corrected chi connectivity index (χ3v) is 3.17. The number of hydrogen-bond donors (Lipinski definition) is 2. The van der Waals surface area contributed by atoms with Crippen LogP contribution in [0.1, 0.15) is 19.8 Å². The summed E-state index contributed by atoms with van der Waals surface area (Å²) in [6, 6.07) is 4.94. The Morgan fingerprint density at radius 3 is 2.69 bits per heavy atom. The third kappa shape index (κ3) is 2.60. The second kappa shape index (κ2) is 4.52. The summed E-state index contributed by atoms with van der Waals surface area (Å²) in [4.78, 5) is 0. The van der Waals surface area contributed by atoms with Gasteiger partial charge in [0.15, 0.2) is 11.5 Å². The monoisotopic (exact) mass is 241 g/mol. The van der Waals surface area contributed by atoms with Crippen LogP contribution in [0.2, 0.25) is 5.02 Å². The molecule has 0 spiro atoms. The van der Waals surface area contributed by atoms with Crippen molar-refractivity contribution < 1.29 is 9.84 Å². The van der Waals surface area contributed by atoms with Crippen LogP contribution in [-0.4, -0.2) is 23.8 Å². The van der Waals surface area contributed by atoms with Crippen molar-refractivity contribution in [2.75, 3.05) is 13.1 Å². The summed E-state index contributed by atoms with van der Waals surface area (Å²) in [5.41, 5.74) is -0.198. The minimum absolute atomic E-state index is 0.104. The highest BCUT2D eigenvalue weighted by Crippen LogP contribution is 2.34. The van der Waals surface area contributed by atoms with Crippen LogP contribution in [0, 0.1) is 0 Å². The van der Waals surface area contributed by atoms with Gasteiger partial charge in [0.25, 0.3) is 0 Å². The van der Waals surface area contributed by atoms with Crippen molar-refractivity contribution in [3.63, 3.8) is 0 Å². The van der Waals surface area contributed by atoms with Crippen LogP contribution in [0.5, 0.6) is 11.5 Å². The van der Waals surface area contributed by atoms with E-state index in [-0.39, 0.29) is 11.4 Å². The van der Waals surface area contributed by atoms with Gasteiger partial charge in [-0.2, -0.15) is 0 Å². The lowest BCUT2D eigenvalue weighted by atomic mass is 9.94. The fourth-order valence-corrected chi connectivity index (χ4v) is 2.07. The van der Waals surface area contributed by atoms with Crippen LogP contribution < -0.4 is 10.1 Å². The second-order valence-corrected chi connectivity index (χ2v) is 4.85. The molecule has 0 bridgehead atoms. The van der Waals surface area contributed by atoms with Gasteiger partial charge in [-0.1, -0.05) is 11.6 Å². The molecule has 0 aliphatic carbocycles. The average molecular weight is 242 g/mol. The molecular weight excluding hydrogens is 226 g/mol. The zero-order valence-electron chi connectivity index (χ0n) is 9.29. The molecular formula is C12H16ClNO2. The molecule has 1 aliphatic heterocycles. The topological polar surface area (TPSA) is 41.5 Å². The largest absolute Gasteiger partial charge is 0.504 e. The van der Waals surface area contributed by atoms with Crippen LogP contribution in [0.3, 0.4) is 0 Å². The number of hydrogen-bond acceptors (Lipinski definition) is 3. The van der Waals surface area contributed by atoms with Crippen molar-refractivity contribution in [2.24, 2.45) is 0 Å². The number of aromatic hydroxyl groups is 1. The van der Waals surface area contributed by atoms with Gasteiger partial charge in [0.1, 0.15) is 5.60 Å². The van der Waals surface area contributed by atoms with E-state index in [0.717, 1.165) is 25.9 Å². The first kappa shape index (κ1) is 11.6. The summed E-state index contributed by atoms with van der Waals surface area (Å²) in [5, 5.41) is 13.5. The SMILES string of the molecule is CC1(Oc2ccc(Cl)cc2O)CCNCC1. The molecule has 0 amide bonds. The standard InChI is InChI=1S/C12H16ClNO2/c1-12(4-6-14-7-5-12)16-11-3-2-9(13)8-10(11)15/h2-3,8,14-15H,4-7H2,1H3. The minimum Gasteiger partial charge on any atom is -0.504 e. The molecule has 1 aromatic rings. The summed E-state index contributed by atoms with van der Waals surface area (Å²) < 4.78 is 5.88. The molecule has 2 rings (SSSR count). The maximum atomic E-state index is 9.71. The molecule has 4 heteroatoms. The van der Waals surface area contributed by atoms with Crippen molar-refractivity contribution in [3.8, 4) is 11.5 Å². The van der Waals surface area contributed by atoms with Gasteiger partial charge in [-0.05, 0) is 45.0 Å². The summed E-state index contributed by atoms with van der Waals surface area (Å²) in [5.74, 6) is 0.612. The fourth-order valence-electron chi connectivity index (χ4n) is 1.90. The van der Waals surface area contributed by atoms with Gasteiger partial charge in [0, 0.05) is 11.1 Å². The lowest BCUT2D eigenvalue weighted by Gasteiger charge is -2.34. The Morgan fingerprint density at radius 1 is 1.38 bits per heavy atom. The Morgan fingerprint density at radius 2 is 2.06 bits per heavy atom. The molecule has 1 aliphatic rings. The predicted octanol–water partition coefficient (Wildman–Crippen LogP) is 2.57. The van der Waals surface area contributed by atoms with Gasteiger partial charge >= 0.3 is 0 Å². The number of ether oxygens (including phenoxy) is 1. The first-order valence-electron chi connectivity index (χ1n) is 5.47. The molecule has 2 N–H and O–H groups in total. The minimum atomic E-state index is -0.198. The quantitative estimate of drug-likeness (QED) is 0.836. The first-order chi connectivity index (χ1) is 7.59. The smallest absolute Gasteiger partial charge is 0.161 e. The normalized spacial score (nSPS) is 19.4. The van der Waals surface area contributed by atoms with E-state index in [0.29, 0.717) is 10.8 Å². The Bertz CT molecular complexity index is 375. The molecule has 88 valence electrons. The molecule has 0 atom stereocenters. The van der Waals surface area contributed by atoms with Gasteiger partial charge in [-0.25, -0.2) is 0 Å². The highest BCUT2D eigenvalue weighted by Gasteiger charge is 2.29. The number of phenols is 1. The molecule has 16 heavy (non-hydrogen) atoms. The van der Waals surface area contributed by atoms with Crippen LogP contribution >= 0.6 is 11.6 Å². The maximum Gasteiger partial charge on any atom is 0.161 e. The van der Waals surface area contributed by atoms with E-state index < -0.39 is 0 Å². The van der Waals surface area contributed by atoms with Crippen molar-refractivity contribution in [1.29, 1.82) is 0 Å². The summed E-state index contributed by atoms with van der Waals surface area (Å²) in [6.07, 6.45) is 1.88. The summed E-state index contributed by atoms with van der Waals surface area (Å²) >= 11 is 5.77. The fraction of sp³-hybridized carbons (Fsp3) is 0.500. The van der Waals surface area contributed by atoms with E-state index in [4.69, 9.17) is 16.3 Å². The zero-order valence-corrected chi connectivity index (χ0v) is 10.0. The molecule has 0 radical (unpaired) electrons. The lowest BCUT2D eigenvalue weighted by molar-refractivity contribution is 0.0528. The van der Waals surface area contributed by atoms with E-state index in [1.54, 1.807) is 12.1 Å². The molecule has 1 aromatic carbocycles. The number of rotatable bonds is 2. The summed E-state index contributed by atoms with van der Waals surface area (Å²) in [6.45, 7) is 3.97. The Balaban J connectivity index is 2.13. The Kier molecular flexibility index (Phi) is 3.26. The number of nitrogens with one attached hydrogen (secondary N) is 1. The van der Waals surface area contributed by atoms with Crippen LogP contribution in [0.4, 0.5) is 0 Å². The third-order valence-electron chi connectivity index (χ3n) is 2.94. The van der Waals surface area contributed by atoms with Crippen molar-refractivity contribution in [2.45, 2.75) is 25.4 Å². The first-order valence-corrected chi connectivity index (χ1v) is 5.85.